The Kier molecular flexibility index (Phi) is 10.2. The predicted octanol–water partition coefficient (Wildman–Crippen LogP) is 9.89. The molecule has 0 aromatic heterocycles. The number of aliphatic imine (C=N–C) groups is 1. The van der Waals surface area contributed by atoms with E-state index in [0.29, 0.717) is 22.7 Å². The van der Waals surface area contributed by atoms with Crippen molar-refractivity contribution in [2.24, 2.45) is 51.3 Å². The van der Waals surface area contributed by atoms with E-state index in [2.05, 4.69) is 76.2 Å². The molecule has 38 heavy (non-hydrogen) atoms. The highest BCUT2D eigenvalue weighted by atomic mass is 15.0. The first-order valence-electron chi connectivity index (χ1n) is 16.7. The second-order valence-electron chi connectivity index (χ2n) is 14.5. The van der Waals surface area contributed by atoms with Crippen molar-refractivity contribution in [3.8, 4) is 0 Å². The number of unbranched alkanes of at least 4 members (excludes halogenated alkanes) is 1. The third kappa shape index (κ3) is 6.41. The topological polar surface area (TPSA) is 15.4 Å². The van der Waals surface area contributed by atoms with Gasteiger partial charge >= 0.3 is 0 Å². The van der Waals surface area contributed by atoms with Gasteiger partial charge in [-0.05, 0) is 124 Å². The summed E-state index contributed by atoms with van der Waals surface area (Å²) in [5.41, 5.74) is 3.94. The van der Waals surface area contributed by atoms with Gasteiger partial charge in [0.1, 0.15) is 6.72 Å². The molecular formula is C36H61N2+. The van der Waals surface area contributed by atoms with Crippen molar-refractivity contribution in [2.45, 2.75) is 131 Å². The lowest BCUT2D eigenvalue weighted by atomic mass is 9.55. The minimum Gasteiger partial charge on any atom is -0.292 e. The van der Waals surface area contributed by atoms with Gasteiger partial charge < -0.3 is 0 Å². The van der Waals surface area contributed by atoms with Gasteiger partial charge in [-0.3, -0.25) is 4.99 Å². The van der Waals surface area contributed by atoms with Crippen LogP contribution in [0, 0.1) is 46.3 Å². The average Bonchev–Trinajstić information content (AvgIpc) is 3.24. The molecule has 0 radical (unpaired) electrons. The zero-order valence-electron chi connectivity index (χ0n) is 26.1. The van der Waals surface area contributed by atoms with Crippen molar-refractivity contribution in [1.29, 1.82) is 0 Å². The van der Waals surface area contributed by atoms with Gasteiger partial charge in [-0.25, -0.2) is 4.58 Å². The standard InChI is InChI=1S/C36H61N2/c1-8-12-19-35(5)20-17-29-22-30(13-14-31(29)23-35)32-15-16-33(36(32,6)18-9-2)34(11-4)38(7)26-28-21-27(10-3)24-37-25-28/h11,21,24,28-33H,7-10,12-20,22-23,25-26H2,1-6H3/q+1/b34-11-/t28?,29?,30?,31?,32-,33?,35-,36?/m0/s1. The summed E-state index contributed by atoms with van der Waals surface area (Å²) in [5, 5.41) is 0. The van der Waals surface area contributed by atoms with Gasteiger partial charge in [0.2, 0.25) is 0 Å². The van der Waals surface area contributed by atoms with Gasteiger partial charge in [-0.1, -0.05) is 60.0 Å². The van der Waals surface area contributed by atoms with E-state index in [-0.39, 0.29) is 0 Å². The lowest BCUT2D eigenvalue weighted by Crippen LogP contribution is -2.41. The summed E-state index contributed by atoms with van der Waals surface area (Å²) < 4.78 is 2.38. The van der Waals surface area contributed by atoms with Crippen molar-refractivity contribution in [1.82, 2.24) is 0 Å². The van der Waals surface area contributed by atoms with Crippen LogP contribution < -0.4 is 0 Å². The van der Waals surface area contributed by atoms with Crippen molar-refractivity contribution in [3.05, 3.63) is 23.4 Å². The first-order chi connectivity index (χ1) is 18.3. The van der Waals surface area contributed by atoms with Crippen LogP contribution in [-0.4, -0.2) is 30.6 Å². The summed E-state index contributed by atoms with van der Waals surface area (Å²) in [6.45, 7) is 21.1. The zero-order chi connectivity index (χ0) is 27.3. The van der Waals surface area contributed by atoms with E-state index >= 15 is 0 Å². The number of nitrogens with zero attached hydrogens (tertiary/aromatic N) is 2. The molecule has 3 aliphatic carbocycles. The molecule has 0 N–H and O–H groups in total. The zero-order valence-corrected chi connectivity index (χ0v) is 26.1. The summed E-state index contributed by atoms with van der Waals surface area (Å²) in [6.07, 6.45) is 26.7. The second kappa shape index (κ2) is 13.0. The molecule has 0 aromatic carbocycles. The number of hydrogen-bond donors (Lipinski definition) is 0. The molecule has 6 unspecified atom stereocenters. The van der Waals surface area contributed by atoms with Gasteiger partial charge in [0, 0.05) is 12.1 Å². The normalized spacial score (nSPS) is 39.6. The Hall–Kier alpha value is -1.18. The van der Waals surface area contributed by atoms with Crippen molar-refractivity contribution in [3.63, 3.8) is 0 Å². The fourth-order valence-electron chi connectivity index (χ4n) is 9.89. The average molecular weight is 522 g/mol. The van der Waals surface area contributed by atoms with Gasteiger partial charge in [-0.2, -0.15) is 0 Å². The van der Waals surface area contributed by atoms with Crippen LogP contribution in [0.3, 0.4) is 0 Å². The van der Waals surface area contributed by atoms with Crippen molar-refractivity contribution < 1.29 is 4.58 Å². The van der Waals surface area contributed by atoms with E-state index in [9.17, 15) is 0 Å². The van der Waals surface area contributed by atoms with Crippen LogP contribution in [0.5, 0.6) is 0 Å². The summed E-state index contributed by atoms with van der Waals surface area (Å²) >= 11 is 0. The maximum atomic E-state index is 4.67. The molecule has 3 saturated carbocycles. The maximum Gasteiger partial charge on any atom is 0.180 e. The van der Waals surface area contributed by atoms with Crippen LogP contribution in [0.15, 0.2) is 28.4 Å². The SMILES string of the molecule is C=[N+](CC1C=C(CC)C=NC1)/C(=C\C)C1CC[C@@H](C2CCC3C[C@@](C)(CCCC)CCC3C2)C1(C)CCC. The summed E-state index contributed by atoms with van der Waals surface area (Å²) in [5.74, 6) is 4.98. The summed E-state index contributed by atoms with van der Waals surface area (Å²) in [7, 11) is 0. The highest BCUT2D eigenvalue weighted by Gasteiger charge is 2.54. The van der Waals surface area contributed by atoms with Crippen LogP contribution in [0.2, 0.25) is 0 Å². The number of allylic oxidation sites excluding steroid dienone is 3. The first kappa shape index (κ1) is 29.8. The molecule has 0 saturated heterocycles. The Labute approximate surface area is 236 Å². The molecule has 1 heterocycles. The third-order valence-corrected chi connectivity index (χ3v) is 11.9. The Morgan fingerprint density at radius 3 is 2.53 bits per heavy atom. The van der Waals surface area contributed by atoms with Gasteiger partial charge in [-0.15, -0.1) is 0 Å². The molecule has 2 heteroatoms. The number of rotatable bonds is 11. The number of hydrogen-bond acceptors (Lipinski definition) is 1. The Morgan fingerprint density at radius 2 is 1.82 bits per heavy atom. The second-order valence-corrected chi connectivity index (χ2v) is 14.5. The van der Waals surface area contributed by atoms with Crippen molar-refractivity contribution >= 4 is 12.9 Å². The summed E-state index contributed by atoms with van der Waals surface area (Å²) in [4.78, 5) is 4.67. The lowest BCUT2D eigenvalue weighted by molar-refractivity contribution is -0.484. The largest absolute Gasteiger partial charge is 0.292 e. The van der Waals surface area contributed by atoms with Gasteiger partial charge in [0.05, 0.1) is 12.5 Å². The highest BCUT2D eigenvalue weighted by Crippen LogP contribution is 2.60. The van der Waals surface area contributed by atoms with Crippen LogP contribution >= 0.6 is 0 Å². The fourth-order valence-corrected chi connectivity index (χ4v) is 9.89. The van der Waals surface area contributed by atoms with E-state index in [0.717, 1.165) is 43.2 Å². The molecule has 8 atom stereocenters. The molecular weight excluding hydrogens is 460 g/mol. The van der Waals surface area contributed by atoms with E-state index in [4.69, 9.17) is 0 Å². The number of dihydropyridines is 1. The molecule has 214 valence electrons. The van der Waals surface area contributed by atoms with Gasteiger partial charge in [0.25, 0.3) is 0 Å². The smallest absolute Gasteiger partial charge is 0.180 e. The van der Waals surface area contributed by atoms with E-state index < -0.39 is 0 Å². The third-order valence-electron chi connectivity index (χ3n) is 11.9. The quantitative estimate of drug-likeness (QED) is 0.190. The fraction of sp³-hybridized carbons (Fsp3) is 0.833. The first-order valence-corrected chi connectivity index (χ1v) is 16.7. The minimum absolute atomic E-state index is 0.406. The Balaban J connectivity index is 1.44. The molecule has 1 aliphatic heterocycles. The molecule has 4 aliphatic rings. The molecule has 0 spiro atoms. The van der Waals surface area contributed by atoms with Crippen LogP contribution in [0.4, 0.5) is 0 Å². The summed E-state index contributed by atoms with van der Waals surface area (Å²) in [6, 6.07) is 0. The Morgan fingerprint density at radius 1 is 1.03 bits per heavy atom. The van der Waals surface area contributed by atoms with Crippen LogP contribution in [0.1, 0.15) is 131 Å². The van der Waals surface area contributed by atoms with E-state index in [1.165, 1.54) is 94.7 Å². The maximum absolute atomic E-state index is 4.67. The van der Waals surface area contributed by atoms with E-state index in [1.54, 1.807) is 0 Å². The van der Waals surface area contributed by atoms with Crippen LogP contribution in [0.25, 0.3) is 0 Å². The highest BCUT2D eigenvalue weighted by molar-refractivity contribution is 5.79. The molecule has 0 aromatic rings. The molecule has 3 fully saturated rings. The monoisotopic (exact) mass is 521 g/mol. The van der Waals surface area contributed by atoms with Crippen molar-refractivity contribution in [2.75, 3.05) is 13.1 Å². The van der Waals surface area contributed by atoms with E-state index in [1.807, 2.05) is 0 Å². The lowest BCUT2D eigenvalue weighted by Gasteiger charge is -2.50. The molecule has 0 bridgehead atoms. The minimum atomic E-state index is 0.406. The predicted molar refractivity (Wildman–Crippen MR) is 166 cm³/mol. The number of fused-ring (bicyclic) bond motifs is 1. The van der Waals surface area contributed by atoms with Gasteiger partial charge in [0.15, 0.2) is 12.2 Å². The molecule has 4 rings (SSSR count). The van der Waals surface area contributed by atoms with Crippen LogP contribution in [-0.2, 0) is 0 Å². The Bertz CT molecular complexity index is 895. The molecule has 0 amide bonds. The molecule has 2 nitrogen and oxygen atoms in total.